The fraction of sp³-hybridized carbons (Fsp3) is 0.200. The van der Waals surface area contributed by atoms with Crippen molar-refractivity contribution in [2.75, 3.05) is 0 Å². The van der Waals surface area contributed by atoms with Gasteiger partial charge in [-0.2, -0.15) is 0 Å². The first kappa shape index (κ1) is 11.7. The molecule has 0 aliphatic carbocycles. The highest BCUT2D eigenvalue weighted by atomic mass is 79.9. The first-order valence-electron chi connectivity index (χ1n) is 4.16. The zero-order valence-electron chi connectivity index (χ0n) is 7.60. The van der Waals surface area contributed by atoms with Gasteiger partial charge >= 0.3 is 0 Å². The third kappa shape index (κ3) is 3.06. The van der Waals surface area contributed by atoms with Crippen molar-refractivity contribution in [3.8, 4) is 0 Å². The topological polar surface area (TPSA) is 80.3 Å². The number of carboxylic acid groups (broad SMARTS) is 2. The predicted octanol–water partition coefficient (Wildman–Crippen LogP) is -0.894. The predicted molar refractivity (Wildman–Crippen MR) is 52.2 cm³/mol. The van der Waals surface area contributed by atoms with E-state index in [1.165, 1.54) is 6.07 Å². The van der Waals surface area contributed by atoms with Crippen LogP contribution in [0.2, 0.25) is 0 Å². The van der Waals surface area contributed by atoms with Gasteiger partial charge in [-0.25, -0.2) is 0 Å². The van der Waals surface area contributed by atoms with Gasteiger partial charge in [0.15, 0.2) is 0 Å². The van der Waals surface area contributed by atoms with Crippen LogP contribution in [-0.4, -0.2) is 16.8 Å². The highest BCUT2D eigenvalue weighted by Crippen LogP contribution is 2.14. The summed E-state index contributed by atoms with van der Waals surface area (Å²) in [6.07, 6.45) is 0.0481. The van der Waals surface area contributed by atoms with Gasteiger partial charge in [-0.15, -0.1) is 0 Å². The number of rotatable bonds is 4. The Morgan fingerprint density at radius 1 is 1.27 bits per heavy atom. The number of aromatic carboxylic acids is 1. The summed E-state index contributed by atoms with van der Waals surface area (Å²) in [5.41, 5.74) is 0.409. The van der Waals surface area contributed by atoms with Crippen molar-refractivity contribution in [1.82, 2.24) is 0 Å². The summed E-state index contributed by atoms with van der Waals surface area (Å²) in [5, 5.41) is 21.1. The van der Waals surface area contributed by atoms with Crippen LogP contribution in [0.4, 0.5) is 0 Å². The SMILES string of the molecule is O=C([O-])c1ccccc1C[C@@H](Br)C(=O)[O-]. The highest BCUT2D eigenvalue weighted by molar-refractivity contribution is 9.10. The van der Waals surface area contributed by atoms with Crippen LogP contribution in [0.15, 0.2) is 24.3 Å². The van der Waals surface area contributed by atoms with Crippen molar-refractivity contribution in [1.29, 1.82) is 0 Å². The number of halogens is 1. The molecule has 0 fully saturated rings. The molecule has 15 heavy (non-hydrogen) atoms. The third-order valence-electron chi connectivity index (χ3n) is 1.89. The first-order chi connectivity index (χ1) is 7.02. The monoisotopic (exact) mass is 270 g/mol. The van der Waals surface area contributed by atoms with Gasteiger partial charge in [-0.3, -0.25) is 0 Å². The average molecular weight is 271 g/mol. The Balaban J connectivity index is 2.94. The lowest BCUT2D eigenvalue weighted by Gasteiger charge is -2.14. The molecule has 0 radical (unpaired) electrons. The molecule has 1 atom stereocenters. The summed E-state index contributed by atoms with van der Waals surface area (Å²) >= 11 is 2.89. The van der Waals surface area contributed by atoms with Gasteiger partial charge in [-0.1, -0.05) is 40.2 Å². The van der Waals surface area contributed by atoms with Crippen molar-refractivity contribution in [3.05, 3.63) is 35.4 Å². The maximum atomic E-state index is 10.7. The second-order valence-electron chi connectivity index (χ2n) is 2.94. The summed E-state index contributed by atoms with van der Waals surface area (Å²) in [5.74, 6) is -2.59. The second-order valence-corrected chi connectivity index (χ2v) is 4.04. The molecule has 0 aliphatic rings. The fourth-order valence-electron chi connectivity index (χ4n) is 1.17. The van der Waals surface area contributed by atoms with Crippen LogP contribution in [0.3, 0.4) is 0 Å². The van der Waals surface area contributed by atoms with Crippen molar-refractivity contribution in [2.24, 2.45) is 0 Å². The van der Waals surface area contributed by atoms with Crippen molar-refractivity contribution in [3.63, 3.8) is 0 Å². The summed E-state index contributed by atoms with van der Waals surface area (Å²) in [6, 6.07) is 6.11. The lowest BCUT2D eigenvalue weighted by molar-refractivity contribution is -0.304. The van der Waals surface area contributed by atoms with E-state index in [-0.39, 0.29) is 12.0 Å². The second kappa shape index (κ2) is 4.93. The molecule has 0 saturated carbocycles. The Morgan fingerprint density at radius 3 is 2.40 bits per heavy atom. The van der Waals surface area contributed by atoms with E-state index in [0.717, 1.165) is 0 Å². The highest BCUT2D eigenvalue weighted by Gasteiger charge is 2.09. The Bertz CT molecular complexity index is 389. The van der Waals surface area contributed by atoms with E-state index < -0.39 is 16.8 Å². The molecule has 0 spiro atoms. The van der Waals surface area contributed by atoms with Gasteiger partial charge in [0.05, 0.1) is 16.8 Å². The normalized spacial score (nSPS) is 12.1. The molecule has 0 amide bonds. The zero-order valence-corrected chi connectivity index (χ0v) is 9.19. The van der Waals surface area contributed by atoms with Crippen LogP contribution in [0, 0.1) is 0 Å². The van der Waals surface area contributed by atoms with Gasteiger partial charge in [0.2, 0.25) is 0 Å². The van der Waals surface area contributed by atoms with Crippen LogP contribution in [0.5, 0.6) is 0 Å². The van der Waals surface area contributed by atoms with Gasteiger partial charge in [0, 0.05) is 5.56 Å². The van der Waals surface area contributed by atoms with E-state index in [9.17, 15) is 19.8 Å². The number of alkyl halides is 1. The Labute approximate surface area is 94.7 Å². The number of carboxylic acids is 2. The molecule has 4 nitrogen and oxygen atoms in total. The number of carbonyl (C=O) groups is 2. The van der Waals surface area contributed by atoms with Crippen LogP contribution in [0.25, 0.3) is 0 Å². The van der Waals surface area contributed by atoms with E-state index in [4.69, 9.17) is 0 Å². The van der Waals surface area contributed by atoms with E-state index in [0.29, 0.717) is 5.56 Å². The lowest BCUT2D eigenvalue weighted by Crippen LogP contribution is -2.33. The average Bonchev–Trinajstić information content (AvgIpc) is 2.18. The minimum absolute atomic E-state index is 0.00296. The molecule has 1 aromatic rings. The van der Waals surface area contributed by atoms with Crippen molar-refractivity contribution < 1.29 is 19.8 Å². The lowest BCUT2D eigenvalue weighted by atomic mass is 10.0. The number of benzene rings is 1. The maximum Gasteiger partial charge on any atom is 0.0718 e. The molecule has 0 unspecified atom stereocenters. The smallest absolute Gasteiger partial charge is 0.0718 e. The molecule has 0 heterocycles. The molecule has 0 saturated heterocycles. The largest absolute Gasteiger partial charge is 0.549 e. The fourth-order valence-corrected chi connectivity index (χ4v) is 1.52. The van der Waals surface area contributed by atoms with E-state index in [2.05, 4.69) is 15.9 Å². The van der Waals surface area contributed by atoms with E-state index in [1.54, 1.807) is 18.2 Å². The molecule has 0 bridgehead atoms. The minimum atomic E-state index is -1.32. The molecule has 0 aromatic heterocycles. The summed E-state index contributed by atoms with van der Waals surface area (Å²) in [6.45, 7) is 0. The molecule has 0 N–H and O–H groups in total. The minimum Gasteiger partial charge on any atom is -0.549 e. The Kier molecular flexibility index (Phi) is 3.85. The molecule has 1 rings (SSSR count). The first-order valence-corrected chi connectivity index (χ1v) is 5.08. The Morgan fingerprint density at radius 2 is 1.87 bits per heavy atom. The third-order valence-corrected chi connectivity index (χ3v) is 2.59. The van der Waals surface area contributed by atoms with E-state index >= 15 is 0 Å². The van der Waals surface area contributed by atoms with Crippen LogP contribution in [-0.2, 0) is 11.2 Å². The number of carbonyl (C=O) groups excluding carboxylic acids is 2. The van der Waals surface area contributed by atoms with Gasteiger partial charge in [-0.05, 0) is 12.0 Å². The summed E-state index contributed by atoms with van der Waals surface area (Å²) < 4.78 is 0. The van der Waals surface area contributed by atoms with Crippen LogP contribution >= 0.6 is 15.9 Å². The molecule has 0 aliphatic heterocycles. The van der Waals surface area contributed by atoms with E-state index in [1.807, 2.05) is 0 Å². The molecular weight excluding hydrogens is 264 g/mol. The summed E-state index contributed by atoms with van der Waals surface area (Å²) in [4.78, 5) is 20.2. The molecule has 5 heteroatoms. The summed E-state index contributed by atoms with van der Waals surface area (Å²) in [7, 11) is 0. The van der Waals surface area contributed by atoms with Crippen LogP contribution < -0.4 is 10.2 Å². The Hall–Kier alpha value is -1.36. The molecule has 80 valence electrons. The van der Waals surface area contributed by atoms with Crippen molar-refractivity contribution in [2.45, 2.75) is 11.2 Å². The quantitative estimate of drug-likeness (QED) is 0.665. The number of hydrogen-bond acceptors (Lipinski definition) is 4. The van der Waals surface area contributed by atoms with Gasteiger partial charge < -0.3 is 19.8 Å². The molecule has 1 aromatic carbocycles. The number of aliphatic carboxylic acids is 1. The standard InChI is InChI=1S/C10H9BrO4/c11-8(10(14)15)5-6-3-1-2-4-7(6)9(12)13/h1-4,8H,5H2,(H,12,13)(H,14,15)/p-2/t8-/m1/s1. The van der Waals surface area contributed by atoms with Gasteiger partial charge in [0.25, 0.3) is 0 Å². The maximum absolute atomic E-state index is 10.7. The van der Waals surface area contributed by atoms with Crippen LogP contribution in [0.1, 0.15) is 15.9 Å². The molecular formula is C10H7BrO4-2. The zero-order chi connectivity index (χ0) is 11.4. The number of hydrogen-bond donors (Lipinski definition) is 0. The van der Waals surface area contributed by atoms with Gasteiger partial charge in [0.1, 0.15) is 0 Å². The van der Waals surface area contributed by atoms with Crippen molar-refractivity contribution >= 4 is 27.9 Å².